The van der Waals surface area contributed by atoms with Crippen molar-refractivity contribution in [2.24, 2.45) is 0 Å². The van der Waals surface area contributed by atoms with Crippen molar-refractivity contribution >= 4 is 29.6 Å². The van der Waals surface area contributed by atoms with Gasteiger partial charge < -0.3 is 14.4 Å². The Bertz CT molecular complexity index is 1010. The zero-order valence-electron chi connectivity index (χ0n) is 18.2. The normalized spacial score (nSPS) is 13.5. The van der Waals surface area contributed by atoms with Crippen LogP contribution in [0.15, 0.2) is 36.4 Å². The molecule has 0 saturated heterocycles. The van der Waals surface area contributed by atoms with Crippen LogP contribution in [0.3, 0.4) is 0 Å². The van der Waals surface area contributed by atoms with Gasteiger partial charge in [-0.25, -0.2) is 4.57 Å². The molecule has 2 N–H and O–H groups in total. The summed E-state index contributed by atoms with van der Waals surface area (Å²) in [6, 6.07) is 13.2. The third-order valence-electron chi connectivity index (χ3n) is 5.38. The van der Waals surface area contributed by atoms with Gasteiger partial charge in [0.2, 0.25) is 0 Å². The van der Waals surface area contributed by atoms with Crippen LogP contribution >= 0.6 is 7.82 Å². The number of hydrogen-bond donors (Lipinski definition) is 2. The van der Waals surface area contributed by atoms with Crippen LogP contribution in [-0.4, -0.2) is 21.0 Å². The second kappa shape index (κ2) is 7.55. The number of hydrogen-bond acceptors (Lipinski definition) is 2. The van der Waals surface area contributed by atoms with Crippen LogP contribution in [0.5, 0.6) is 0 Å². The topological polar surface area (TPSA) is 71.7 Å². The Balaban J connectivity index is 2.12. The minimum atomic E-state index is -4.43. The molecule has 1 heterocycles. The molecule has 29 heavy (non-hydrogen) atoms. The molecule has 0 aliphatic carbocycles. The van der Waals surface area contributed by atoms with Crippen LogP contribution in [0.25, 0.3) is 21.8 Å². The zero-order valence-corrected chi connectivity index (χ0v) is 19.1. The largest absolute Gasteiger partial charge is 0.469 e. The molecule has 0 bridgehead atoms. The molecule has 0 aliphatic rings. The third kappa shape index (κ3) is 4.92. The van der Waals surface area contributed by atoms with Crippen molar-refractivity contribution in [3.05, 3.63) is 47.5 Å². The molecule has 0 saturated carbocycles. The number of aromatic nitrogens is 1. The maximum Gasteiger partial charge on any atom is 0.469 e. The summed E-state index contributed by atoms with van der Waals surface area (Å²) in [5.74, 6) is 0. The second-order valence-electron chi connectivity index (χ2n) is 9.79. The monoisotopic (exact) mass is 417 g/mol. The predicted octanol–water partition coefficient (Wildman–Crippen LogP) is 5.89. The lowest BCUT2D eigenvalue weighted by Crippen LogP contribution is -2.10. The summed E-state index contributed by atoms with van der Waals surface area (Å²) in [6.07, 6.45) is 0.520. The summed E-state index contributed by atoms with van der Waals surface area (Å²) in [6.45, 7) is 13.9. The summed E-state index contributed by atoms with van der Waals surface area (Å²) in [5.41, 5.74) is 4.96. The van der Waals surface area contributed by atoms with Crippen LogP contribution in [0.1, 0.15) is 59.1 Å². The highest BCUT2D eigenvalue weighted by Crippen LogP contribution is 2.37. The highest BCUT2D eigenvalue weighted by atomic mass is 31.2. The Labute approximate surface area is 172 Å². The first kappa shape index (κ1) is 22.0. The van der Waals surface area contributed by atoms with E-state index >= 15 is 0 Å². The van der Waals surface area contributed by atoms with Gasteiger partial charge in [0.25, 0.3) is 0 Å². The van der Waals surface area contributed by atoms with Crippen molar-refractivity contribution in [3.63, 3.8) is 0 Å². The van der Waals surface area contributed by atoms with Crippen LogP contribution in [0.2, 0.25) is 0 Å². The fourth-order valence-corrected chi connectivity index (χ4v) is 4.05. The molecule has 0 aliphatic heterocycles. The number of benzene rings is 2. The SMILES string of the molecule is CC(C)(C)c1ccc2c(c1)c1cc(C(C)(C)C)ccc1n2CCCOP(=O)(O)O. The Kier molecular flexibility index (Phi) is 5.74. The number of phosphoric ester groups is 1. The Morgan fingerprint density at radius 2 is 1.31 bits per heavy atom. The third-order valence-corrected chi connectivity index (χ3v) is 5.90. The highest BCUT2D eigenvalue weighted by molar-refractivity contribution is 7.46. The first-order chi connectivity index (χ1) is 13.3. The lowest BCUT2D eigenvalue weighted by Gasteiger charge is -2.19. The molecule has 0 unspecified atom stereocenters. The van der Waals surface area contributed by atoms with Gasteiger partial charge in [-0.15, -0.1) is 0 Å². The molecule has 5 nitrogen and oxygen atoms in total. The van der Waals surface area contributed by atoms with Gasteiger partial charge in [-0.05, 0) is 52.6 Å². The fourth-order valence-electron chi connectivity index (χ4n) is 3.68. The minimum absolute atomic E-state index is 0.0194. The number of rotatable bonds is 5. The maximum absolute atomic E-state index is 10.9. The van der Waals surface area contributed by atoms with Crippen molar-refractivity contribution in [2.75, 3.05) is 6.61 Å². The Morgan fingerprint density at radius 1 is 0.862 bits per heavy atom. The van der Waals surface area contributed by atoms with Crippen LogP contribution in [0.4, 0.5) is 0 Å². The first-order valence-electron chi connectivity index (χ1n) is 10.0. The summed E-state index contributed by atoms with van der Waals surface area (Å²) >= 11 is 0. The average Bonchev–Trinajstić information content (AvgIpc) is 2.89. The van der Waals surface area contributed by atoms with E-state index in [1.165, 1.54) is 21.9 Å². The van der Waals surface area contributed by atoms with E-state index in [1.807, 2.05) is 0 Å². The Morgan fingerprint density at radius 3 is 1.69 bits per heavy atom. The summed E-state index contributed by atoms with van der Waals surface area (Å²) < 4.78 is 17.8. The van der Waals surface area contributed by atoms with Gasteiger partial charge >= 0.3 is 7.82 Å². The molecule has 3 rings (SSSR count). The van der Waals surface area contributed by atoms with E-state index in [4.69, 9.17) is 9.79 Å². The predicted molar refractivity (Wildman–Crippen MR) is 119 cm³/mol. The average molecular weight is 417 g/mol. The fraction of sp³-hybridized carbons (Fsp3) is 0.478. The molecule has 0 amide bonds. The molecule has 6 heteroatoms. The van der Waals surface area contributed by atoms with E-state index in [0.29, 0.717) is 13.0 Å². The summed E-state index contributed by atoms with van der Waals surface area (Å²) in [7, 11) is -4.43. The Hall–Kier alpha value is -1.65. The van der Waals surface area contributed by atoms with Gasteiger partial charge in [-0.2, -0.15) is 0 Å². The van der Waals surface area contributed by atoms with Crippen molar-refractivity contribution in [1.29, 1.82) is 0 Å². The van der Waals surface area contributed by atoms with Gasteiger partial charge in [0.1, 0.15) is 0 Å². The molecule has 1 aromatic heterocycles. The molecule has 0 spiro atoms. The van der Waals surface area contributed by atoms with Gasteiger partial charge in [-0.3, -0.25) is 4.52 Å². The van der Waals surface area contributed by atoms with E-state index in [1.54, 1.807) is 0 Å². The maximum atomic E-state index is 10.9. The molecular weight excluding hydrogens is 385 g/mol. The molecule has 0 fully saturated rings. The smallest absolute Gasteiger partial charge is 0.340 e. The van der Waals surface area contributed by atoms with Crippen LogP contribution in [0, 0.1) is 0 Å². The van der Waals surface area contributed by atoms with Gasteiger partial charge in [-0.1, -0.05) is 53.7 Å². The molecule has 3 aromatic rings. The molecule has 158 valence electrons. The lowest BCUT2D eigenvalue weighted by molar-refractivity contribution is 0.192. The van der Waals surface area contributed by atoms with Crippen molar-refractivity contribution in [3.8, 4) is 0 Å². The van der Waals surface area contributed by atoms with Crippen LogP contribution in [-0.2, 0) is 26.5 Å². The number of aryl methyl sites for hydroxylation is 1. The van der Waals surface area contributed by atoms with Crippen molar-refractivity contribution in [1.82, 2.24) is 4.57 Å². The van der Waals surface area contributed by atoms with E-state index in [2.05, 4.69) is 87.0 Å². The van der Waals surface area contributed by atoms with Crippen molar-refractivity contribution < 1.29 is 18.9 Å². The quantitative estimate of drug-likeness (QED) is 0.401. The van der Waals surface area contributed by atoms with E-state index in [-0.39, 0.29) is 17.4 Å². The summed E-state index contributed by atoms with van der Waals surface area (Å²) in [4.78, 5) is 17.8. The van der Waals surface area contributed by atoms with E-state index in [9.17, 15) is 4.57 Å². The van der Waals surface area contributed by atoms with E-state index < -0.39 is 7.82 Å². The van der Waals surface area contributed by atoms with Gasteiger partial charge in [0.05, 0.1) is 6.61 Å². The van der Waals surface area contributed by atoms with Gasteiger partial charge in [0, 0.05) is 28.4 Å². The lowest BCUT2D eigenvalue weighted by atomic mass is 9.85. The number of nitrogens with zero attached hydrogens (tertiary/aromatic N) is 1. The van der Waals surface area contributed by atoms with Gasteiger partial charge in [0.15, 0.2) is 0 Å². The molecular formula is C23H32NO4P. The summed E-state index contributed by atoms with van der Waals surface area (Å²) in [5, 5.41) is 2.43. The van der Waals surface area contributed by atoms with Crippen LogP contribution < -0.4 is 0 Å². The highest BCUT2D eigenvalue weighted by Gasteiger charge is 2.20. The van der Waals surface area contributed by atoms with Crippen molar-refractivity contribution in [2.45, 2.75) is 65.3 Å². The number of phosphoric acid groups is 1. The molecule has 0 atom stereocenters. The minimum Gasteiger partial charge on any atom is -0.340 e. The van der Waals surface area contributed by atoms with E-state index in [0.717, 1.165) is 11.0 Å². The zero-order chi connectivity index (χ0) is 21.6. The molecule has 2 aromatic carbocycles. The molecule has 0 radical (unpaired) electrons. The standard InChI is InChI=1S/C23H32NO4P/c1-22(2,3)16-8-10-20-18(14-16)19-15-17(23(4,5)6)9-11-21(19)24(20)12-7-13-28-29(25,26)27/h8-11,14-15H,7,12-13H2,1-6H3,(H2,25,26,27). The second-order valence-corrected chi connectivity index (χ2v) is 11.0. The number of fused-ring (bicyclic) bond motifs is 3. The first-order valence-corrected chi connectivity index (χ1v) is 11.6.